The van der Waals surface area contributed by atoms with Crippen LogP contribution in [0.3, 0.4) is 0 Å². The first-order valence-electron chi connectivity index (χ1n) is 6.13. The van der Waals surface area contributed by atoms with E-state index in [1.165, 1.54) is 18.6 Å². The molecule has 1 aliphatic heterocycles. The molecule has 0 spiro atoms. The Bertz CT molecular complexity index is 451. The van der Waals surface area contributed by atoms with Crippen molar-refractivity contribution >= 4 is 28.4 Å². The number of amides is 1. The molecule has 1 aromatic rings. The highest BCUT2D eigenvalue weighted by Gasteiger charge is 2.28. The third-order valence-corrected chi connectivity index (χ3v) is 3.83. The summed E-state index contributed by atoms with van der Waals surface area (Å²) in [5.74, 6) is 1.07. The fraction of sp³-hybridized carbons (Fsp3) is 0.636. The minimum absolute atomic E-state index is 0.0743. The molecule has 2 rings (SSSR count). The molecule has 1 aliphatic rings. The van der Waals surface area contributed by atoms with Crippen LogP contribution in [0.15, 0.2) is 0 Å². The van der Waals surface area contributed by atoms with Crippen molar-refractivity contribution in [3.63, 3.8) is 0 Å². The maximum atomic E-state index is 11.2. The highest BCUT2D eigenvalue weighted by Crippen LogP contribution is 2.39. The van der Waals surface area contributed by atoms with Crippen molar-refractivity contribution in [3.8, 4) is 5.75 Å². The zero-order valence-electron chi connectivity index (χ0n) is 11.0. The fourth-order valence-electron chi connectivity index (χ4n) is 2.05. The lowest BCUT2D eigenvalue weighted by atomic mass is 10.3. The van der Waals surface area contributed by atoms with Gasteiger partial charge in [-0.2, -0.15) is 4.37 Å². The van der Waals surface area contributed by atoms with Gasteiger partial charge >= 0.3 is 6.09 Å². The number of nitrogens with two attached hydrogens (primary N) is 1. The van der Waals surface area contributed by atoms with Crippen LogP contribution in [0.5, 0.6) is 5.75 Å². The molecule has 1 atom stereocenters. The van der Waals surface area contributed by atoms with E-state index in [0.717, 1.165) is 18.0 Å². The van der Waals surface area contributed by atoms with Crippen molar-refractivity contribution in [2.75, 3.05) is 37.4 Å². The number of anilines is 2. The van der Waals surface area contributed by atoms with Crippen LogP contribution in [0.25, 0.3) is 0 Å². The van der Waals surface area contributed by atoms with Crippen LogP contribution in [-0.2, 0) is 4.74 Å². The van der Waals surface area contributed by atoms with Crippen molar-refractivity contribution < 1.29 is 14.3 Å². The summed E-state index contributed by atoms with van der Waals surface area (Å²) in [7, 11) is 1.36. The number of carbonyl (C=O) groups excluding carboxylic acids is 1. The van der Waals surface area contributed by atoms with E-state index >= 15 is 0 Å². The molecule has 3 N–H and O–H groups in total. The normalized spacial score (nSPS) is 18.4. The number of aromatic nitrogens is 1. The summed E-state index contributed by atoms with van der Waals surface area (Å²) in [6.45, 7) is 3.99. The number of ether oxygens (including phenoxy) is 2. The molecule has 7 nitrogen and oxygen atoms in total. The van der Waals surface area contributed by atoms with Gasteiger partial charge in [0, 0.05) is 13.1 Å². The van der Waals surface area contributed by atoms with Gasteiger partial charge in [-0.3, -0.25) is 0 Å². The number of hydrogen-bond acceptors (Lipinski definition) is 7. The number of nitrogens with one attached hydrogen (secondary N) is 1. The Morgan fingerprint density at radius 1 is 1.68 bits per heavy atom. The third kappa shape index (κ3) is 3.01. The summed E-state index contributed by atoms with van der Waals surface area (Å²) in [6.07, 6.45) is 0.457. The topological polar surface area (TPSA) is 89.7 Å². The number of alkyl carbamates (subject to hydrolysis) is 1. The standard InChI is InChI=1S/C11H18N4O3S/c1-3-18-8-9(12)14-19-10(8)15-5-4-7(6-15)13-11(16)17-2/h7H,3-6H2,1-2H3,(H2,12,14)(H,13,16). The van der Waals surface area contributed by atoms with Crippen LogP contribution in [0.4, 0.5) is 15.6 Å². The first-order chi connectivity index (χ1) is 9.15. The minimum Gasteiger partial charge on any atom is -0.487 e. The van der Waals surface area contributed by atoms with Crippen LogP contribution >= 0.6 is 11.5 Å². The molecule has 1 unspecified atom stereocenters. The van der Waals surface area contributed by atoms with Gasteiger partial charge in [0.05, 0.1) is 19.8 Å². The fourth-order valence-corrected chi connectivity index (χ4v) is 2.85. The number of rotatable bonds is 4. The average molecular weight is 286 g/mol. The van der Waals surface area contributed by atoms with Crippen molar-refractivity contribution in [2.45, 2.75) is 19.4 Å². The molecule has 2 heterocycles. The molecular formula is C11H18N4O3S. The minimum atomic E-state index is -0.402. The summed E-state index contributed by atoms with van der Waals surface area (Å²) in [5, 5.41) is 3.72. The Hall–Kier alpha value is -1.70. The second-order valence-electron chi connectivity index (χ2n) is 4.20. The highest BCUT2D eigenvalue weighted by molar-refractivity contribution is 7.11. The Morgan fingerprint density at radius 3 is 3.16 bits per heavy atom. The summed E-state index contributed by atoms with van der Waals surface area (Å²) < 4.78 is 14.2. The molecule has 0 saturated carbocycles. The molecule has 0 radical (unpaired) electrons. The van der Waals surface area contributed by atoms with Crippen LogP contribution < -0.4 is 20.7 Å². The molecule has 1 fully saturated rings. The van der Waals surface area contributed by atoms with E-state index in [9.17, 15) is 4.79 Å². The maximum Gasteiger partial charge on any atom is 0.407 e. The summed E-state index contributed by atoms with van der Waals surface area (Å²) >= 11 is 1.32. The number of methoxy groups -OCH3 is 1. The predicted octanol–water partition coefficient (Wildman–Crippen LogP) is 1.06. The number of nitrogens with zero attached hydrogens (tertiary/aromatic N) is 2. The summed E-state index contributed by atoms with van der Waals surface area (Å²) in [6, 6.07) is 0.0743. The van der Waals surface area contributed by atoms with E-state index in [1.54, 1.807) is 0 Å². The molecule has 1 aromatic heterocycles. The Labute approximate surface area is 115 Å². The number of nitrogen functional groups attached to an aromatic ring is 1. The summed E-state index contributed by atoms with van der Waals surface area (Å²) in [5.41, 5.74) is 5.79. The quantitative estimate of drug-likeness (QED) is 0.860. The third-order valence-electron chi connectivity index (χ3n) is 2.93. The lowest BCUT2D eigenvalue weighted by Gasteiger charge is -2.18. The average Bonchev–Trinajstić information content (AvgIpc) is 2.98. The van der Waals surface area contributed by atoms with Crippen LogP contribution in [-0.4, -0.2) is 43.3 Å². The molecule has 106 valence electrons. The molecule has 0 aliphatic carbocycles. The Kier molecular flexibility index (Phi) is 4.31. The van der Waals surface area contributed by atoms with Crippen LogP contribution in [0.1, 0.15) is 13.3 Å². The second-order valence-corrected chi connectivity index (χ2v) is 4.95. The number of carbonyl (C=O) groups is 1. The zero-order valence-corrected chi connectivity index (χ0v) is 11.8. The second kappa shape index (κ2) is 5.96. The van der Waals surface area contributed by atoms with E-state index in [2.05, 4.69) is 19.3 Å². The van der Waals surface area contributed by atoms with Crippen molar-refractivity contribution in [1.29, 1.82) is 0 Å². The molecule has 1 saturated heterocycles. The predicted molar refractivity (Wildman–Crippen MR) is 73.9 cm³/mol. The van der Waals surface area contributed by atoms with Gasteiger partial charge in [-0.05, 0) is 24.9 Å². The lowest BCUT2D eigenvalue weighted by Crippen LogP contribution is -2.36. The van der Waals surface area contributed by atoms with Crippen LogP contribution in [0.2, 0.25) is 0 Å². The Balaban J connectivity index is 2.02. The molecule has 8 heteroatoms. The molecular weight excluding hydrogens is 268 g/mol. The van der Waals surface area contributed by atoms with Gasteiger partial charge in [0.25, 0.3) is 0 Å². The largest absolute Gasteiger partial charge is 0.487 e. The van der Waals surface area contributed by atoms with E-state index < -0.39 is 6.09 Å². The lowest BCUT2D eigenvalue weighted by molar-refractivity contribution is 0.167. The molecule has 0 aromatic carbocycles. The van der Waals surface area contributed by atoms with Gasteiger partial charge in [0.2, 0.25) is 0 Å². The summed E-state index contributed by atoms with van der Waals surface area (Å²) in [4.78, 5) is 13.3. The van der Waals surface area contributed by atoms with Gasteiger partial charge in [-0.1, -0.05) is 0 Å². The molecule has 0 bridgehead atoms. The van der Waals surface area contributed by atoms with Gasteiger partial charge in [0.1, 0.15) is 0 Å². The van der Waals surface area contributed by atoms with Crippen molar-refractivity contribution in [2.24, 2.45) is 0 Å². The maximum absolute atomic E-state index is 11.2. The first-order valence-corrected chi connectivity index (χ1v) is 6.90. The van der Waals surface area contributed by atoms with Gasteiger partial charge < -0.3 is 25.4 Å². The van der Waals surface area contributed by atoms with Crippen molar-refractivity contribution in [3.05, 3.63) is 0 Å². The Morgan fingerprint density at radius 2 is 2.47 bits per heavy atom. The number of hydrogen-bond donors (Lipinski definition) is 2. The highest BCUT2D eigenvalue weighted by atomic mass is 32.1. The van der Waals surface area contributed by atoms with Gasteiger partial charge in [0.15, 0.2) is 16.6 Å². The monoisotopic (exact) mass is 286 g/mol. The van der Waals surface area contributed by atoms with E-state index in [4.69, 9.17) is 10.5 Å². The van der Waals surface area contributed by atoms with E-state index in [0.29, 0.717) is 24.7 Å². The SMILES string of the molecule is CCOc1c(N)nsc1N1CCC(NC(=O)OC)C1. The van der Waals surface area contributed by atoms with Gasteiger partial charge in [-0.15, -0.1) is 0 Å². The van der Waals surface area contributed by atoms with Gasteiger partial charge in [-0.25, -0.2) is 4.79 Å². The van der Waals surface area contributed by atoms with Crippen LogP contribution in [0, 0.1) is 0 Å². The van der Waals surface area contributed by atoms with E-state index in [1.807, 2.05) is 6.92 Å². The van der Waals surface area contributed by atoms with Crippen molar-refractivity contribution in [1.82, 2.24) is 9.69 Å². The smallest absolute Gasteiger partial charge is 0.407 e. The zero-order chi connectivity index (χ0) is 13.8. The molecule has 19 heavy (non-hydrogen) atoms. The first kappa shape index (κ1) is 13.7. The molecule has 1 amide bonds. The van der Waals surface area contributed by atoms with E-state index in [-0.39, 0.29) is 6.04 Å².